The number of aryl methyl sites for hydroxylation is 1. The van der Waals surface area contributed by atoms with Gasteiger partial charge in [0.2, 0.25) is 10.0 Å². The SMILES string of the molecule is NS(=O)(=O)c1ccc2c(c1)CCCN2S(=O)(=O)c1ccccc1. The minimum absolute atomic E-state index is 0.00444. The lowest BCUT2D eigenvalue weighted by molar-refractivity contribution is 0.586. The molecule has 0 saturated heterocycles. The molecule has 0 amide bonds. The summed E-state index contributed by atoms with van der Waals surface area (Å²) in [5, 5.41) is 5.14. The monoisotopic (exact) mass is 352 g/mol. The van der Waals surface area contributed by atoms with E-state index in [1.165, 1.54) is 22.5 Å². The largest absolute Gasteiger partial charge is 0.266 e. The van der Waals surface area contributed by atoms with Gasteiger partial charge < -0.3 is 0 Å². The maximum absolute atomic E-state index is 12.8. The molecule has 0 bridgehead atoms. The maximum atomic E-state index is 12.8. The highest BCUT2D eigenvalue weighted by Gasteiger charge is 2.29. The first-order valence-corrected chi connectivity index (χ1v) is 10.0. The van der Waals surface area contributed by atoms with Crippen molar-refractivity contribution in [3.8, 4) is 0 Å². The molecule has 0 radical (unpaired) electrons. The molecule has 0 spiro atoms. The molecular formula is C15H16N2O4S2. The number of anilines is 1. The van der Waals surface area contributed by atoms with Crippen molar-refractivity contribution in [2.24, 2.45) is 5.14 Å². The molecular weight excluding hydrogens is 336 g/mol. The first-order chi connectivity index (χ1) is 10.8. The molecule has 8 heteroatoms. The van der Waals surface area contributed by atoms with Gasteiger partial charge in [0.05, 0.1) is 15.5 Å². The third-order valence-corrected chi connectivity index (χ3v) is 6.53. The summed E-state index contributed by atoms with van der Waals surface area (Å²) in [7, 11) is -7.48. The Morgan fingerprint density at radius 2 is 1.61 bits per heavy atom. The fraction of sp³-hybridized carbons (Fsp3) is 0.200. The molecule has 0 aromatic heterocycles. The van der Waals surface area contributed by atoms with Crippen LogP contribution >= 0.6 is 0 Å². The van der Waals surface area contributed by atoms with Gasteiger partial charge in [0.15, 0.2) is 0 Å². The van der Waals surface area contributed by atoms with Crippen molar-refractivity contribution >= 4 is 25.7 Å². The van der Waals surface area contributed by atoms with Crippen LogP contribution in [0.25, 0.3) is 0 Å². The second-order valence-electron chi connectivity index (χ2n) is 5.33. The van der Waals surface area contributed by atoms with E-state index >= 15 is 0 Å². The Hall–Kier alpha value is -1.90. The lowest BCUT2D eigenvalue weighted by Gasteiger charge is -2.30. The summed E-state index contributed by atoms with van der Waals surface area (Å²) in [5.41, 5.74) is 1.18. The van der Waals surface area contributed by atoms with Crippen molar-refractivity contribution in [2.45, 2.75) is 22.6 Å². The van der Waals surface area contributed by atoms with Crippen LogP contribution in [0.2, 0.25) is 0 Å². The lowest BCUT2D eigenvalue weighted by Crippen LogP contribution is -2.35. The van der Waals surface area contributed by atoms with Crippen LogP contribution < -0.4 is 9.44 Å². The summed E-state index contributed by atoms with van der Waals surface area (Å²) in [4.78, 5) is 0.207. The molecule has 0 saturated carbocycles. The van der Waals surface area contributed by atoms with Gasteiger partial charge in [0, 0.05) is 6.54 Å². The van der Waals surface area contributed by atoms with Crippen molar-refractivity contribution in [3.63, 3.8) is 0 Å². The molecule has 2 aromatic rings. The smallest absolute Gasteiger partial charge is 0.264 e. The molecule has 122 valence electrons. The van der Waals surface area contributed by atoms with Gasteiger partial charge in [-0.05, 0) is 48.7 Å². The Morgan fingerprint density at radius 1 is 0.913 bits per heavy atom. The van der Waals surface area contributed by atoms with Gasteiger partial charge >= 0.3 is 0 Å². The van der Waals surface area contributed by atoms with Crippen LogP contribution in [0.15, 0.2) is 58.3 Å². The molecule has 2 aromatic carbocycles. The van der Waals surface area contributed by atoms with Crippen molar-refractivity contribution < 1.29 is 16.8 Å². The standard InChI is InChI=1S/C15H16N2O4S2/c16-22(18,19)14-8-9-15-12(11-14)5-4-10-17(15)23(20,21)13-6-2-1-3-7-13/h1-3,6-9,11H,4-5,10H2,(H2,16,18,19). The predicted molar refractivity (Wildman–Crippen MR) is 87.1 cm³/mol. The molecule has 1 aliphatic rings. The number of hydrogen-bond donors (Lipinski definition) is 1. The van der Waals surface area contributed by atoms with E-state index < -0.39 is 20.0 Å². The normalized spacial score (nSPS) is 15.3. The third-order valence-electron chi connectivity index (χ3n) is 3.79. The van der Waals surface area contributed by atoms with E-state index in [9.17, 15) is 16.8 Å². The highest BCUT2D eigenvalue weighted by Crippen LogP contribution is 2.33. The molecule has 0 aliphatic carbocycles. The zero-order valence-corrected chi connectivity index (χ0v) is 13.8. The molecule has 2 N–H and O–H groups in total. The zero-order valence-electron chi connectivity index (χ0n) is 12.2. The molecule has 0 atom stereocenters. The number of fused-ring (bicyclic) bond motifs is 1. The van der Waals surface area contributed by atoms with Crippen LogP contribution in [0, 0.1) is 0 Å². The Bertz CT molecular complexity index is 939. The number of primary sulfonamides is 1. The van der Waals surface area contributed by atoms with Crippen LogP contribution in [0.3, 0.4) is 0 Å². The summed E-state index contributed by atoms with van der Waals surface area (Å²) < 4.78 is 49.9. The third kappa shape index (κ3) is 2.97. The van der Waals surface area contributed by atoms with Gasteiger partial charge in [-0.3, -0.25) is 4.31 Å². The number of sulfonamides is 2. The van der Waals surface area contributed by atoms with Crippen molar-refractivity contribution in [1.29, 1.82) is 0 Å². The summed E-state index contributed by atoms with van der Waals surface area (Å²) in [5.74, 6) is 0. The van der Waals surface area contributed by atoms with Crippen LogP contribution in [0.5, 0.6) is 0 Å². The number of rotatable bonds is 3. The van der Waals surface area contributed by atoms with E-state index in [2.05, 4.69) is 0 Å². The lowest BCUT2D eigenvalue weighted by atomic mass is 10.0. The fourth-order valence-electron chi connectivity index (χ4n) is 2.69. The Balaban J connectivity index is 2.10. The quantitative estimate of drug-likeness (QED) is 0.904. The number of nitrogens with two attached hydrogens (primary N) is 1. The second kappa shape index (κ2) is 5.63. The molecule has 6 nitrogen and oxygen atoms in total. The maximum Gasteiger partial charge on any atom is 0.264 e. The summed E-state index contributed by atoms with van der Waals surface area (Å²) in [6, 6.07) is 12.5. The van der Waals surface area contributed by atoms with E-state index in [1.54, 1.807) is 30.3 Å². The van der Waals surface area contributed by atoms with Gasteiger partial charge in [-0.1, -0.05) is 18.2 Å². The molecule has 0 unspecified atom stereocenters. The van der Waals surface area contributed by atoms with E-state index in [-0.39, 0.29) is 9.79 Å². The first kappa shape index (κ1) is 16.0. The van der Waals surface area contributed by atoms with E-state index in [4.69, 9.17) is 5.14 Å². The summed E-state index contributed by atoms with van der Waals surface area (Å²) in [6.45, 7) is 0.360. The minimum Gasteiger partial charge on any atom is -0.266 e. The van der Waals surface area contributed by atoms with Crippen LogP contribution in [0.1, 0.15) is 12.0 Å². The van der Waals surface area contributed by atoms with Crippen molar-refractivity contribution in [3.05, 3.63) is 54.1 Å². The van der Waals surface area contributed by atoms with Gasteiger partial charge in [-0.2, -0.15) is 0 Å². The Labute approximate surface area is 135 Å². The van der Waals surface area contributed by atoms with Gasteiger partial charge in [0.25, 0.3) is 10.0 Å². The topological polar surface area (TPSA) is 97.5 Å². The van der Waals surface area contributed by atoms with E-state index in [0.717, 1.165) is 0 Å². The van der Waals surface area contributed by atoms with Crippen LogP contribution in [-0.2, 0) is 26.5 Å². The zero-order chi connectivity index (χ0) is 16.7. The number of benzene rings is 2. The molecule has 1 heterocycles. The molecule has 3 rings (SSSR count). The van der Waals surface area contributed by atoms with E-state index in [0.29, 0.717) is 30.6 Å². The Kier molecular flexibility index (Phi) is 3.91. The highest BCUT2D eigenvalue weighted by atomic mass is 32.2. The number of hydrogen-bond acceptors (Lipinski definition) is 4. The average Bonchev–Trinajstić information content (AvgIpc) is 2.53. The first-order valence-electron chi connectivity index (χ1n) is 7.04. The van der Waals surface area contributed by atoms with Gasteiger partial charge in [0.1, 0.15) is 0 Å². The van der Waals surface area contributed by atoms with Gasteiger partial charge in [-0.15, -0.1) is 0 Å². The fourth-order valence-corrected chi connectivity index (χ4v) is 4.81. The molecule has 23 heavy (non-hydrogen) atoms. The predicted octanol–water partition coefficient (Wildman–Crippen LogP) is 1.48. The van der Waals surface area contributed by atoms with Crippen molar-refractivity contribution in [1.82, 2.24) is 0 Å². The summed E-state index contributed by atoms with van der Waals surface area (Å²) >= 11 is 0. The van der Waals surface area contributed by atoms with E-state index in [1.807, 2.05) is 0 Å². The summed E-state index contributed by atoms with van der Waals surface area (Å²) in [6.07, 6.45) is 1.23. The van der Waals surface area contributed by atoms with Crippen molar-refractivity contribution in [2.75, 3.05) is 10.8 Å². The molecule has 0 fully saturated rings. The second-order valence-corrected chi connectivity index (χ2v) is 8.75. The van der Waals surface area contributed by atoms with Gasteiger partial charge in [-0.25, -0.2) is 22.0 Å². The minimum atomic E-state index is -3.81. The number of nitrogens with zero attached hydrogens (tertiary/aromatic N) is 1. The Morgan fingerprint density at radius 3 is 2.26 bits per heavy atom. The molecule has 1 aliphatic heterocycles. The van der Waals surface area contributed by atoms with Crippen LogP contribution in [-0.4, -0.2) is 23.4 Å². The average molecular weight is 352 g/mol. The highest BCUT2D eigenvalue weighted by molar-refractivity contribution is 7.92. The van der Waals surface area contributed by atoms with Crippen LogP contribution in [0.4, 0.5) is 5.69 Å².